The Morgan fingerprint density at radius 1 is 0.972 bits per heavy atom. The largest absolute Gasteiger partial charge is 0.497 e. The fraction of sp³-hybridized carbons (Fsp3) is 0.185. The van der Waals surface area contributed by atoms with Crippen LogP contribution in [0.4, 0.5) is 11.4 Å². The quantitative estimate of drug-likeness (QED) is 0.415. The number of fused-ring (bicyclic) bond motifs is 2. The van der Waals surface area contributed by atoms with Crippen LogP contribution < -0.4 is 19.1 Å². The number of rotatable bonds is 4. The molecule has 1 amide bonds. The number of amides is 1. The minimum atomic E-state index is -0.0609. The van der Waals surface area contributed by atoms with Gasteiger partial charge in [-0.2, -0.15) is 0 Å². The zero-order valence-electron chi connectivity index (χ0n) is 19.8. The number of aliphatic imine (C=N–C) groups is 1. The Morgan fingerprint density at radius 2 is 1.78 bits per heavy atom. The summed E-state index contributed by atoms with van der Waals surface area (Å²) in [5.74, 6) is 2.10. The average Bonchev–Trinajstić information content (AvgIpc) is 3.40. The van der Waals surface area contributed by atoms with Crippen molar-refractivity contribution in [1.29, 1.82) is 0 Å². The molecule has 6 rings (SSSR count). The predicted molar refractivity (Wildman–Crippen MR) is 143 cm³/mol. The lowest BCUT2D eigenvalue weighted by Gasteiger charge is -2.19. The molecule has 0 N–H and O–H groups in total. The third-order valence-electron chi connectivity index (χ3n) is 6.03. The first-order valence-electron chi connectivity index (χ1n) is 11.5. The molecule has 3 aliphatic heterocycles. The van der Waals surface area contributed by atoms with Crippen molar-refractivity contribution >= 4 is 46.0 Å². The minimum absolute atomic E-state index is 0.0609. The number of carbonyl (C=O) groups excluding carboxylic acids is 1. The fourth-order valence-corrected chi connectivity index (χ4v) is 6.51. The molecule has 0 bridgehead atoms. The number of thioether (sulfide) groups is 2. The highest BCUT2D eigenvalue weighted by Crippen LogP contribution is 2.51. The maximum atomic E-state index is 13.8. The maximum absolute atomic E-state index is 13.8. The molecule has 0 unspecified atom stereocenters. The van der Waals surface area contributed by atoms with Gasteiger partial charge < -0.3 is 19.1 Å². The summed E-state index contributed by atoms with van der Waals surface area (Å²) in [6.07, 6.45) is 0. The molecule has 182 valence electrons. The fourth-order valence-electron chi connectivity index (χ4n) is 4.19. The van der Waals surface area contributed by atoms with Crippen molar-refractivity contribution < 1.29 is 19.0 Å². The number of hydrogen-bond donors (Lipinski definition) is 0. The number of anilines is 1. The van der Waals surface area contributed by atoms with E-state index < -0.39 is 0 Å². The highest BCUT2D eigenvalue weighted by atomic mass is 32.2. The number of carbonyl (C=O) groups is 1. The van der Waals surface area contributed by atoms with Crippen molar-refractivity contribution in [3.8, 4) is 17.2 Å². The lowest BCUT2D eigenvalue weighted by atomic mass is 10.2. The second-order valence-electron chi connectivity index (χ2n) is 8.33. The monoisotopic (exact) mass is 517 g/mol. The topological polar surface area (TPSA) is 63.6 Å². The highest BCUT2D eigenvalue weighted by molar-refractivity contribution is 8.19. The molecule has 1 fully saturated rings. The van der Waals surface area contributed by atoms with Crippen LogP contribution in [0.15, 0.2) is 86.6 Å². The molecule has 36 heavy (non-hydrogen) atoms. The lowest BCUT2D eigenvalue weighted by molar-refractivity contribution is -0.122. The minimum Gasteiger partial charge on any atom is -0.497 e. The van der Waals surface area contributed by atoms with Crippen molar-refractivity contribution in [3.63, 3.8) is 0 Å². The molecule has 7 nitrogen and oxygen atoms in total. The van der Waals surface area contributed by atoms with Crippen LogP contribution >= 0.6 is 23.5 Å². The highest BCUT2D eigenvalue weighted by Gasteiger charge is 2.39. The van der Waals surface area contributed by atoms with Crippen molar-refractivity contribution in [1.82, 2.24) is 4.90 Å². The van der Waals surface area contributed by atoms with Gasteiger partial charge in [0.1, 0.15) is 23.9 Å². The van der Waals surface area contributed by atoms with Gasteiger partial charge in [0.2, 0.25) is 0 Å². The van der Waals surface area contributed by atoms with Crippen LogP contribution in [0.1, 0.15) is 5.56 Å². The molecule has 0 spiro atoms. The maximum Gasteiger partial charge on any atom is 0.269 e. The molecule has 0 atom stereocenters. The first-order valence-corrected chi connectivity index (χ1v) is 13.1. The van der Waals surface area contributed by atoms with Crippen LogP contribution in [0.2, 0.25) is 0 Å². The molecule has 3 aromatic rings. The van der Waals surface area contributed by atoms with E-state index in [0.717, 1.165) is 26.9 Å². The van der Waals surface area contributed by atoms with E-state index in [1.54, 1.807) is 23.8 Å². The summed E-state index contributed by atoms with van der Waals surface area (Å²) in [6, 6.07) is 21.5. The molecule has 0 radical (unpaired) electrons. The molecular weight excluding hydrogens is 494 g/mol. The van der Waals surface area contributed by atoms with Gasteiger partial charge in [0.05, 0.1) is 30.1 Å². The molecule has 3 aliphatic rings. The summed E-state index contributed by atoms with van der Waals surface area (Å²) in [5, 5.41) is 1.52. The summed E-state index contributed by atoms with van der Waals surface area (Å²) in [5.41, 5.74) is 2.76. The van der Waals surface area contributed by atoms with E-state index in [4.69, 9.17) is 19.2 Å². The normalized spacial score (nSPS) is 19.7. The summed E-state index contributed by atoms with van der Waals surface area (Å²) >= 11 is 2.99. The van der Waals surface area contributed by atoms with Gasteiger partial charge in [-0.3, -0.25) is 9.69 Å². The first-order chi connectivity index (χ1) is 17.6. The van der Waals surface area contributed by atoms with Crippen LogP contribution in [-0.2, 0) is 11.3 Å². The van der Waals surface area contributed by atoms with Gasteiger partial charge in [0, 0.05) is 24.1 Å². The second kappa shape index (κ2) is 9.48. The Kier molecular flexibility index (Phi) is 6.02. The molecule has 0 aliphatic carbocycles. The molecule has 9 heteroatoms. The molecule has 3 heterocycles. The van der Waals surface area contributed by atoms with Gasteiger partial charge in [-0.15, -0.1) is 0 Å². The van der Waals surface area contributed by atoms with E-state index in [-0.39, 0.29) is 5.91 Å². The van der Waals surface area contributed by atoms with Gasteiger partial charge >= 0.3 is 0 Å². The molecule has 3 aromatic carbocycles. The Morgan fingerprint density at radius 3 is 2.58 bits per heavy atom. The van der Waals surface area contributed by atoms with Crippen LogP contribution in [0.5, 0.6) is 17.2 Å². The van der Waals surface area contributed by atoms with E-state index in [1.165, 1.54) is 11.8 Å². The molecule has 1 saturated heterocycles. The molecular formula is C27H23N3O4S2. The lowest BCUT2D eigenvalue weighted by Crippen LogP contribution is -2.29. The van der Waals surface area contributed by atoms with Crippen LogP contribution in [0.25, 0.3) is 0 Å². The number of benzene rings is 3. The standard InChI is InChI=1S/C27H23N3O4S2/c1-29-20-15-19(32-2)9-11-23(20)35-26(29)24-25(31)30(16-17-6-4-3-5-7-17)27(36-24)28-18-8-10-21-22(14-18)34-13-12-33-21/h3-11,14-15H,12-13,16H2,1-2H3/b26-24-,28-27?. The smallest absolute Gasteiger partial charge is 0.269 e. The van der Waals surface area contributed by atoms with Crippen LogP contribution in [0.3, 0.4) is 0 Å². The third-order valence-corrected chi connectivity index (χ3v) is 8.46. The summed E-state index contributed by atoms with van der Waals surface area (Å²) < 4.78 is 16.8. The van der Waals surface area contributed by atoms with Gasteiger partial charge in [0.25, 0.3) is 5.91 Å². The predicted octanol–water partition coefficient (Wildman–Crippen LogP) is 5.64. The Hall–Kier alpha value is -3.56. The molecule has 0 saturated carbocycles. The van der Waals surface area contributed by atoms with Gasteiger partial charge in [-0.05, 0) is 41.6 Å². The summed E-state index contributed by atoms with van der Waals surface area (Å²) in [7, 11) is 3.63. The van der Waals surface area contributed by atoms with E-state index in [9.17, 15) is 4.79 Å². The Balaban J connectivity index is 1.39. The first kappa shape index (κ1) is 22.9. The number of nitrogens with zero attached hydrogens (tertiary/aromatic N) is 3. The van der Waals surface area contributed by atoms with E-state index in [1.807, 2.05) is 73.8 Å². The van der Waals surface area contributed by atoms with Crippen LogP contribution in [0, 0.1) is 0 Å². The Labute approximate surface area is 217 Å². The zero-order valence-corrected chi connectivity index (χ0v) is 21.4. The average molecular weight is 518 g/mol. The van der Waals surface area contributed by atoms with Crippen molar-refractivity contribution in [2.24, 2.45) is 4.99 Å². The third kappa shape index (κ3) is 4.18. The van der Waals surface area contributed by atoms with E-state index >= 15 is 0 Å². The second-order valence-corrected chi connectivity index (χ2v) is 10.3. The van der Waals surface area contributed by atoms with Gasteiger partial charge in [-0.1, -0.05) is 42.1 Å². The number of hydrogen-bond acceptors (Lipinski definition) is 8. The van der Waals surface area contributed by atoms with E-state index in [2.05, 4.69) is 4.90 Å². The van der Waals surface area contributed by atoms with Gasteiger partial charge in [-0.25, -0.2) is 4.99 Å². The molecule has 0 aromatic heterocycles. The number of amidine groups is 1. The number of methoxy groups -OCH3 is 1. The van der Waals surface area contributed by atoms with Gasteiger partial charge in [0.15, 0.2) is 16.7 Å². The zero-order chi connectivity index (χ0) is 24.6. The SMILES string of the molecule is COc1ccc2c(c1)N(C)/C(=C1/SC(=Nc3ccc4c(c3)OCCO4)N(Cc3ccccc3)C1=O)S2. The summed E-state index contributed by atoms with van der Waals surface area (Å²) in [4.78, 5) is 24.2. The van der Waals surface area contributed by atoms with Crippen LogP contribution in [-0.4, -0.2) is 43.3 Å². The van der Waals surface area contributed by atoms with E-state index in [0.29, 0.717) is 47.0 Å². The Bertz CT molecular complexity index is 1410. The van der Waals surface area contributed by atoms with Crippen molar-refractivity contribution in [3.05, 3.63) is 82.2 Å². The van der Waals surface area contributed by atoms with Crippen molar-refractivity contribution in [2.45, 2.75) is 11.4 Å². The van der Waals surface area contributed by atoms with Crippen molar-refractivity contribution in [2.75, 3.05) is 32.3 Å². The number of ether oxygens (including phenoxy) is 3. The summed E-state index contributed by atoms with van der Waals surface area (Å²) in [6.45, 7) is 1.47.